The van der Waals surface area contributed by atoms with Crippen LogP contribution in [0.4, 0.5) is 0 Å². The standard InChI is InChI=1S/C30H25IN4O2/c31-26-16-14-21(15-17-26)19-33-27(36)23-9-7-8-22(18-23)20-35-28(37)30(34-29(35)32,24-10-3-1-4-11-24)25-12-5-2-6-13-25/h1-18H,19-20H2,(H2,32,34)(H,33,36). The molecule has 0 aliphatic carbocycles. The number of hydrogen-bond donors (Lipinski definition) is 2. The van der Waals surface area contributed by atoms with Gasteiger partial charge >= 0.3 is 0 Å². The Kier molecular flexibility index (Phi) is 7.05. The zero-order chi connectivity index (χ0) is 25.8. The summed E-state index contributed by atoms with van der Waals surface area (Å²) >= 11 is 2.25. The van der Waals surface area contributed by atoms with Gasteiger partial charge in [-0.15, -0.1) is 0 Å². The van der Waals surface area contributed by atoms with Crippen molar-refractivity contribution < 1.29 is 9.59 Å². The van der Waals surface area contributed by atoms with Crippen molar-refractivity contribution in [1.82, 2.24) is 10.2 Å². The molecule has 4 aromatic carbocycles. The van der Waals surface area contributed by atoms with E-state index in [0.29, 0.717) is 12.1 Å². The molecule has 0 unspecified atom stereocenters. The van der Waals surface area contributed by atoms with E-state index in [2.05, 4.69) is 27.9 Å². The van der Waals surface area contributed by atoms with E-state index in [1.807, 2.05) is 97.1 Å². The molecule has 1 aliphatic heterocycles. The first-order valence-corrected chi connectivity index (χ1v) is 13.0. The summed E-state index contributed by atoms with van der Waals surface area (Å²) in [7, 11) is 0. The van der Waals surface area contributed by atoms with Crippen LogP contribution in [-0.4, -0.2) is 22.7 Å². The van der Waals surface area contributed by atoms with E-state index in [4.69, 9.17) is 10.7 Å². The molecule has 0 saturated carbocycles. The maximum absolute atomic E-state index is 14.0. The van der Waals surface area contributed by atoms with Crippen LogP contribution in [0.25, 0.3) is 0 Å². The number of nitrogens with two attached hydrogens (primary N) is 1. The molecular weight excluding hydrogens is 575 g/mol. The molecule has 184 valence electrons. The normalized spacial score (nSPS) is 14.4. The molecule has 0 saturated heterocycles. The van der Waals surface area contributed by atoms with Gasteiger partial charge in [0.05, 0.1) is 6.54 Å². The minimum Gasteiger partial charge on any atom is -0.369 e. The molecule has 37 heavy (non-hydrogen) atoms. The number of guanidine groups is 1. The fourth-order valence-electron chi connectivity index (χ4n) is 4.51. The fraction of sp³-hybridized carbons (Fsp3) is 0.100. The van der Waals surface area contributed by atoms with Crippen molar-refractivity contribution in [3.63, 3.8) is 0 Å². The van der Waals surface area contributed by atoms with Gasteiger partial charge in [-0.3, -0.25) is 14.5 Å². The first-order valence-electron chi connectivity index (χ1n) is 11.9. The van der Waals surface area contributed by atoms with Gasteiger partial charge in [-0.25, -0.2) is 4.99 Å². The van der Waals surface area contributed by atoms with E-state index in [-0.39, 0.29) is 24.3 Å². The molecule has 0 atom stereocenters. The SMILES string of the molecule is NC1=NC(c2ccccc2)(c2ccccc2)C(=O)N1Cc1cccc(C(=O)NCc2ccc(I)cc2)c1. The molecule has 7 heteroatoms. The van der Waals surface area contributed by atoms with Crippen LogP contribution in [0, 0.1) is 3.57 Å². The van der Waals surface area contributed by atoms with Crippen molar-refractivity contribution in [3.05, 3.63) is 141 Å². The number of nitrogens with zero attached hydrogens (tertiary/aromatic N) is 2. The number of carbonyl (C=O) groups is 2. The smallest absolute Gasteiger partial charge is 0.266 e. The van der Waals surface area contributed by atoms with E-state index in [0.717, 1.165) is 25.8 Å². The molecular formula is C30H25IN4O2. The molecule has 0 aromatic heterocycles. The maximum atomic E-state index is 14.0. The van der Waals surface area contributed by atoms with Crippen molar-refractivity contribution in [2.75, 3.05) is 0 Å². The third-order valence-corrected chi connectivity index (χ3v) is 7.11. The summed E-state index contributed by atoms with van der Waals surface area (Å²) in [6.07, 6.45) is 0. The van der Waals surface area contributed by atoms with Gasteiger partial charge in [0, 0.05) is 15.7 Å². The highest BCUT2D eigenvalue weighted by Gasteiger charge is 2.50. The molecule has 5 rings (SSSR count). The molecule has 1 aliphatic rings. The van der Waals surface area contributed by atoms with E-state index in [1.54, 1.807) is 12.1 Å². The van der Waals surface area contributed by atoms with Crippen LogP contribution < -0.4 is 11.1 Å². The average molecular weight is 600 g/mol. The highest BCUT2D eigenvalue weighted by atomic mass is 127. The van der Waals surface area contributed by atoms with Gasteiger partial charge in [0.1, 0.15) is 0 Å². The van der Waals surface area contributed by atoms with Gasteiger partial charge in [0.25, 0.3) is 11.8 Å². The summed E-state index contributed by atoms with van der Waals surface area (Å²) in [5, 5.41) is 2.96. The number of carbonyl (C=O) groups excluding carboxylic acids is 2. The van der Waals surface area contributed by atoms with Gasteiger partial charge in [0.15, 0.2) is 11.5 Å². The zero-order valence-electron chi connectivity index (χ0n) is 20.0. The third kappa shape index (κ3) is 4.99. The Hall–Kier alpha value is -3.98. The molecule has 1 heterocycles. The molecule has 4 aromatic rings. The minimum atomic E-state index is -1.25. The lowest BCUT2D eigenvalue weighted by Crippen LogP contribution is -2.43. The molecule has 0 spiro atoms. The van der Waals surface area contributed by atoms with Crippen LogP contribution in [0.2, 0.25) is 0 Å². The van der Waals surface area contributed by atoms with Gasteiger partial charge < -0.3 is 11.1 Å². The van der Waals surface area contributed by atoms with E-state index in [1.165, 1.54) is 4.90 Å². The zero-order valence-corrected chi connectivity index (χ0v) is 22.1. The molecule has 0 bridgehead atoms. The second-order valence-electron chi connectivity index (χ2n) is 8.81. The van der Waals surface area contributed by atoms with Gasteiger partial charge in [0.2, 0.25) is 0 Å². The Morgan fingerprint density at radius 3 is 2.08 bits per heavy atom. The number of rotatable bonds is 7. The first kappa shape index (κ1) is 24.7. The van der Waals surface area contributed by atoms with E-state index >= 15 is 0 Å². The number of aliphatic imine (C=N–C) groups is 1. The first-order chi connectivity index (χ1) is 18.0. The fourth-order valence-corrected chi connectivity index (χ4v) is 4.87. The van der Waals surface area contributed by atoms with Crippen LogP contribution in [0.5, 0.6) is 0 Å². The lowest BCUT2D eigenvalue weighted by atomic mass is 9.83. The number of halogens is 1. The van der Waals surface area contributed by atoms with Crippen molar-refractivity contribution in [3.8, 4) is 0 Å². The van der Waals surface area contributed by atoms with Crippen LogP contribution in [0.1, 0.15) is 32.6 Å². The van der Waals surface area contributed by atoms with Crippen LogP contribution in [0.3, 0.4) is 0 Å². The molecule has 0 radical (unpaired) electrons. The van der Waals surface area contributed by atoms with Gasteiger partial charge in [-0.05, 0) is 69.1 Å². The third-order valence-electron chi connectivity index (χ3n) is 6.39. The summed E-state index contributed by atoms with van der Waals surface area (Å²) in [5.74, 6) is -0.264. The Bertz CT molecular complexity index is 1410. The van der Waals surface area contributed by atoms with Crippen molar-refractivity contribution in [2.24, 2.45) is 10.7 Å². The number of benzene rings is 4. The molecule has 3 N–H and O–H groups in total. The average Bonchev–Trinajstić information content (AvgIpc) is 3.19. The van der Waals surface area contributed by atoms with E-state index < -0.39 is 5.54 Å². The lowest BCUT2D eigenvalue weighted by molar-refractivity contribution is -0.130. The largest absolute Gasteiger partial charge is 0.369 e. The van der Waals surface area contributed by atoms with Gasteiger partial charge in [-0.2, -0.15) is 0 Å². The quantitative estimate of drug-likeness (QED) is 0.299. The summed E-state index contributed by atoms with van der Waals surface area (Å²) in [5.41, 5.74) is 8.93. The van der Waals surface area contributed by atoms with Crippen molar-refractivity contribution in [1.29, 1.82) is 0 Å². The second kappa shape index (κ2) is 10.6. The summed E-state index contributed by atoms with van der Waals surface area (Å²) in [4.78, 5) is 33.1. The summed E-state index contributed by atoms with van der Waals surface area (Å²) in [6.45, 7) is 0.634. The molecule has 0 fully saturated rings. The van der Waals surface area contributed by atoms with Crippen LogP contribution >= 0.6 is 22.6 Å². The Morgan fingerprint density at radius 2 is 1.46 bits per heavy atom. The predicted molar refractivity (Wildman–Crippen MR) is 153 cm³/mol. The Labute approximate surface area is 229 Å². The van der Waals surface area contributed by atoms with Crippen molar-refractivity contribution >= 4 is 40.4 Å². The van der Waals surface area contributed by atoms with E-state index in [9.17, 15) is 9.59 Å². The Balaban J connectivity index is 1.38. The van der Waals surface area contributed by atoms with Crippen molar-refractivity contribution in [2.45, 2.75) is 18.6 Å². The number of nitrogens with one attached hydrogen (secondary N) is 1. The highest BCUT2D eigenvalue weighted by Crippen LogP contribution is 2.39. The summed E-state index contributed by atoms with van der Waals surface area (Å²) < 4.78 is 1.14. The summed E-state index contributed by atoms with van der Waals surface area (Å²) in [6, 6.07) is 34.2. The van der Waals surface area contributed by atoms with Gasteiger partial charge in [-0.1, -0.05) is 84.9 Å². The predicted octanol–water partition coefficient (Wildman–Crippen LogP) is 4.82. The van der Waals surface area contributed by atoms with Crippen LogP contribution in [-0.2, 0) is 23.4 Å². The highest BCUT2D eigenvalue weighted by molar-refractivity contribution is 14.1. The van der Waals surface area contributed by atoms with Crippen LogP contribution in [0.15, 0.2) is 114 Å². The maximum Gasteiger partial charge on any atom is 0.266 e. The number of amides is 2. The topological polar surface area (TPSA) is 87.8 Å². The second-order valence-corrected chi connectivity index (χ2v) is 10.1. The monoisotopic (exact) mass is 600 g/mol. The number of hydrogen-bond acceptors (Lipinski definition) is 4. The lowest BCUT2D eigenvalue weighted by Gasteiger charge is -2.27. The Morgan fingerprint density at radius 1 is 0.838 bits per heavy atom. The molecule has 6 nitrogen and oxygen atoms in total. The molecule has 2 amide bonds. The minimum absolute atomic E-state index is 0.145.